The minimum atomic E-state index is 0.142. The Morgan fingerprint density at radius 2 is 1.71 bits per heavy atom. The average molecular weight is 316 g/mol. The van der Waals surface area contributed by atoms with Gasteiger partial charge in [0.2, 0.25) is 0 Å². The van der Waals surface area contributed by atoms with Crippen LogP contribution in [0.2, 0.25) is 0 Å². The summed E-state index contributed by atoms with van der Waals surface area (Å²) in [6.45, 7) is 12.3. The predicted octanol–water partition coefficient (Wildman–Crippen LogP) is 6.27. The van der Waals surface area contributed by atoms with Gasteiger partial charge in [0.1, 0.15) is 0 Å². The van der Waals surface area contributed by atoms with Crippen LogP contribution >= 0.6 is 0 Å². The van der Waals surface area contributed by atoms with Crippen LogP contribution in [0.5, 0.6) is 0 Å². The third kappa shape index (κ3) is 2.88. The van der Waals surface area contributed by atoms with Gasteiger partial charge in [0.05, 0.1) is 6.04 Å². The molecule has 0 spiro atoms. The number of nitrogens with one attached hydrogen (secondary N) is 2. The molecule has 2 heteroatoms. The van der Waals surface area contributed by atoms with E-state index in [0.717, 1.165) is 16.9 Å². The van der Waals surface area contributed by atoms with E-state index < -0.39 is 0 Å². The molecule has 0 radical (unpaired) electrons. The van der Waals surface area contributed by atoms with Crippen molar-refractivity contribution in [1.82, 2.24) is 4.98 Å². The summed E-state index contributed by atoms with van der Waals surface area (Å²) in [5, 5.41) is 4.86. The summed E-state index contributed by atoms with van der Waals surface area (Å²) in [6.07, 6.45) is 3.91. The second kappa shape index (κ2) is 6.79. The maximum atomic E-state index is 4.00. The summed E-state index contributed by atoms with van der Waals surface area (Å²) in [5.74, 6) is 0.308. The lowest BCUT2D eigenvalue weighted by Crippen LogP contribution is -2.10. The second-order valence-corrected chi connectivity index (χ2v) is 6.18. The molecule has 0 aliphatic rings. The van der Waals surface area contributed by atoms with E-state index >= 15 is 0 Å². The number of para-hydroxylation sites is 2. The quantitative estimate of drug-likeness (QED) is 0.515. The monoisotopic (exact) mass is 316 g/mol. The number of benzene rings is 2. The van der Waals surface area contributed by atoms with Crippen molar-refractivity contribution < 1.29 is 0 Å². The molecule has 24 heavy (non-hydrogen) atoms. The van der Waals surface area contributed by atoms with Crippen LogP contribution in [0.15, 0.2) is 67.8 Å². The first kappa shape index (κ1) is 16.1. The fraction of sp³-hybridized carbons (Fsp3) is 0.182. The summed E-state index contributed by atoms with van der Waals surface area (Å²) >= 11 is 0. The Bertz CT molecular complexity index is 873. The van der Waals surface area contributed by atoms with Crippen molar-refractivity contribution in [3.63, 3.8) is 0 Å². The summed E-state index contributed by atoms with van der Waals surface area (Å²) in [7, 11) is 0. The van der Waals surface area contributed by atoms with Crippen molar-refractivity contribution >= 4 is 22.7 Å². The number of allylic oxidation sites excluding steroid dienone is 1. The fourth-order valence-electron chi connectivity index (χ4n) is 3.20. The van der Waals surface area contributed by atoms with E-state index in [9.17, 15) is 0 Å². The molecule has 2 nitrogen and oxygen atoms in total. The molecule has 0 saturated heterocycles. The van der Waals surface area contributed by atoms with Gasteiger partial charge in [0.15, 0.2) is 0 Å². The predicted molar refractivity (Wildman–Crippen MR) is 105 cm³/mol. The zero-order valence-electron chi connectivity index (χ0n) is 14.3. The highest BCUT2D eigenvalue weighted by atomic mass is 14.9. The van der Waals surface area contributed by atoms with Crippen LogP contribution in [0.4, 0.5) is 5.69 Å². The molecule has 0 fully saturated rings. The summed E-state index contributed by atoms with van der Waals surface area (Å²) < 4.78 is 0. The van der Waals surface area contributed by atoms with Gasteiger partial charge in [-0.15, -0.1) is 6.58 Å². The van der Waals surface area contributed by atoms with Crippen molar-refractivity contribution in [3.05, 3.63) is 84.6 Å². The van der Waals surface area contributed by atoms with E-state index in [2.05, 4.69) is 85.8 Å². The molecule has 2 N–H and O–H groups in total. The lowest BCUT2D eigenvalue weighted by atomic mass is 9.98. The van der Waals surface area contributed by atoms with Crippen LogP contribution in [0, 0.1) is 0 Å². The summed E-state index contributed by atoms with van der Waals surface area (Å²) in [5.41, 5.74) is 5.87. The molecule has 1 aromatic heterocycles. The topological polar surface area (TPSA) is 27.8 Å². The van der Waals surface area contributed by atoms with Crippen LogP contribution in [0.1, 0.15) is 42.6 Å². The number of fused-ring (bicyclic) bond motifs is 1. The first-order valence-corrected chi connectivity index (χ1v) is 8.36. The molecule has 3 rings (SSSR count). The Labute approximate surface area is 143 Å². The number of hydrogen-bond donors (Lipinski definition) is 2. The van der Waals surface area contributed by atoms with Gasteiger partial charge in [-0.25, -0.2) is 0 Å². The number of H-pyrrole nitrogens is 1. The number of aromatic amines is 1. The highest BCUT2D eigenvalue weighted by Gasteiger charge is 2.16. The van der Waals surface area contributed by atoms with Gasteiger partial charge in [0, 0.05) is 33.8 Å². The molecule has 2 unspecified atom stereocenters. The van der Waals surface area contributed by atoms with Gasteiger partial charge in [0.25, 0.3) is 0 Å². The molecule has 0 aliphatic carbocycles. The number of aromatic nitrogens is 1. The third-order valence-electron chi connectivity index (χ3n) is 4.59. The second-order valence-electron chi connectivity index (χ2n) is 6.18. The minimum absolute atomic E-state index is 0.142. The lowest BCUT2D eigenvalue weighted by molar-refractivity contribution is 0.842. The van der Waals surface area contributed by atoms with E-state index in [1.807, 2.05) is 12.2 Å². The van der Waals surface area contributed by atoms with Gasteiger partial charge in [-0.05, 0) is 24.6 Å². The van der Waals surface area contributed by atoms with Crippen molar-refractivity contribution in [3.8, 4) is 0 Å². The molecule has 1 heterocycles. The van der Waals surface area contributed by atoms with Crippen LogP contribution < -0.4 is 5.32 Å². The lowest BCUT2D eigenvalue weighted by Gasteiger charge is -2.20. The first-order chi connectivity index (χ1) is 11.7. The fourth-order valence-corrected chi connectivity index (χ4v) is 3.20. The Kier molecular flexibility index (Phi) is 4.57. The Hall–Kier alpha value is -2.74. The highest BCUT2D eigenvalue weighted by Crippen LogP contribution is 2.32. The zero-order chi connectivity index (χ0) is 17.1. The van der Waals surface area contributed by atoms with Crippen molar-refractivity contribution in [2.75, 3.05) is 5.32 Å². The molecular weight excluding hydrogens is 292 g/mol. The number of anilines is 1. The van der Waals surface area contributed by atoms with E-state index in [-0.39, 0.29) is 6.04 Å². The maximum absolute atomic E-state index is 4.00. The van der Waals surface area contributed by atoms with E-state index in [0.29, 0.717) is 5.92 Å². The first-order valence-electron chi connectivity index (χ1n) is 8.36. The Balaban J connectivity index is 1.98. The van der Waals surface area contributed by atoms with Gasteiger partial charge in [-0.1, -0.05) is 62.1 Å². The molecule has 0 aliphatic heterocycles. The molecule has 3 aromatic rings. The highest BCUT2D eigenvalue weighted by molar-refractivity contribution is 5.90. The maximum Gasteiger partial charge on any atom is 0.0641 e. The summed E-state index contributed by atoms with van der Waals surface area (Å²) in [4.78, 5) is 3.54. The molecule has 0 bridgehead atoms. The molecule has 0 amide bonds. The zero-order valence-corrected chi connectivity index (χ0v) is 14.3. The van der Waals surface area contributed by atoms with Crippen LogP contribution in [-0.2, 0) is 0 Å². The molecule has 122 valence electrons. The molecule has 2 atom stereocenters. The Morgan fingerprint density at radius 1 is 1.00 bits per heavy atom. The van der Waals surface area contributed by atoms with Gasteiger partial charge < -0.3 is 10.3 Å². The number of rotatable bonds is 6. The van der Waals surface area contributed by atoms with Crippen molar-refractivity contribution in [1.29, 1.82) is 0 Å². The van der Waals surface area contributed by atoms with E-state index in [1.165, 1.54) is 16.5 Å². The van der Waals surface area contributed by atoms with Gasteiger partial charge >= 0.3 is 0 Å². The van der Waals surface area contributed by atoms with Gasteiger partial charge in [-0.3, -0.25) is 0 Å². The largest absolute Gasteiger partial charge is 0.377 e. The van der Waals surface area contributed by atoms with Crippen LogP contribution in [-0.4, -0.2) is 4.98 Å². The smallest absolute Gasteiger partial charge is 0.0641 e. The number of hydrogen-bond acceptors (Lipinski definition) is 1. The third-order valence-corrected chi connectivity index (χ3v) is 4.59. The minimum Gasteiger partial charge on any atom is -0.377 e. The van der Waals surface area contributed by atoms with Crippen LogP contribution in [0.25, 0.3) is 17.0 Å². The van der Waals surface area contributed by atoms with E-state index in [4.69, 9.17) is 0 Å². The standard InChI is InChI=1S/C22H24N2/c1-5-15(3)18-11-7-9-13-20(18)23-16(4)22-17(6-2)19-12-8-10-14-21(19)24-22/h5-16,23-24H,1-2H2,3-4H3. The van der Waals surface area contributed by atoms with Gasteiger partial charge in [-0.2, -0.15) is 0 Å². The average Bonchev–Trinajstić information content (AvgIpc) is 3.00. The molecule has 0 saturated carbocycles. The normalized spacial score (nSPS) is 13.4. The van der Waals surface area contributed by atoms with Crippen molar-refractivity contribution in [2.24, 2.45) is 0 Å². The molecular formula is C22H24N2. The van der Waals surface area contributed by atoms with Crippen molar-refractivity contribution in [2.45, 2.75) is 25.8 Å². The Morgan fingerprint density at radius 3 is 2.46 bits per heavy atom. The molecule has 2 aromatic carbocycles. The van der Waals surface area contributed by atoms with Crippen LogP contribution in [0.3, 0.4) is 0 Å². The SMILES string of the molecule is C=Cc1c(C(C)Nc2ccccc2C(C)C=C)[nH]c2ccccc12. The summed E-state index contributed by atoms with van der Waals surface area (Å²) in [6, 6.07) is 16.9. The van der Waals surface area contributed by atoms with E-state index in [1.54, 1.807) is 0 Å².